The molecule has 4 heteroatoms. The van der Waals surface area contributed by atoms with E-state index in [0.717, 1.165) is 12.8 Å². The molecule has 0 aromatic carbocycles. The van der Waals surface area contributed by atoms with Gasteiger partial charge in [0.05, 0.1) is 0 Å². The minimum atomic E-state index is 0.211. The molecule has 0 saturated heterocycles. The van der Waals surface area contributed by atoms with Crippen LogP contribution in [0.1, 0.15) is 44.7 Å². The maximum absolute atomic E-state index is 8.77. The van der Waals surface area contributed by atoms with Crippen molar-refractivity contribution in [3.63, 3.8) is 0 Å². The summed E-state index contributed by atoms with van der Waals surface area (Å²) in [6.45, 7) is 2.19. The molecule has 1 saturated carbocycles. The first kappa shape index (κ1) is 11.8. The molecule has 2 unspecified atom stereocenters. The Morgan fingerprint density at radius 2 is 2.29 bits per heavy atom. The molecule has 17 heavy (non-hydrogen) atoms. The lowest BCUT2D eigenvalue weighted by molar-refractivity contribution is 0.0808. The number of aromatic nitrogens is 2. The number of hydrogen-bond donors (Lipinski definition) is 0. The second kappa shape index (κ2) is 5.62. The molecule has 1 heterocycles. The normalized spacial score (nSPS) is 24.0. The molecule has 1 aliphatic carbocycles. The molecule has 2 rings (SSSR count). The Hall–Kier alpha value is -1.63. The summed E-state index contributed by atoms with van der Waals surface area (Å²) in [6, 6.07) is 3.93. The highest BCUT2D eigenvalue weighted by Gasteiger charge is 2.25. The highest BCUT2D eigenvalue weighted by molar-refractivity contribution is 5.19. The molecule has 1 aromatic heterocycles. The van der Waals surface area contributed by atoms with Gasteiger partial charge in [-0.25, -0.2) is 4.98 Å². The Bertz CT molecular complexity index is 413. The molecule has 0 N–H and O–H groups in total. The van der Waals surface area contributed by atoms with E-state index in [1.807, 2.05) is 6.07 Å². The minimum absolute atomic E-state index is 0.211. The Labute approximate surface area is 102 Å². The summed E-state index contributed by atoms with van der Waals surface area (Å²) < 4.78 is 5.83. The third kappa shape index (κ3) is 2.94. The van der Waals surface area contributed by atoms with Crippen molar-refractivity contribution in [1.82, 2.24) is 9.97 Å². The van der Waals surface area contributed by atoms with E-state index in [2.05, 4.69) is 16.9 Å². The zero-order chi connectivity index (χ0) is 12.1. The van der Waals surface area contributed by atoms with Gasteiger partial charge in [0.2, 0.25) is 0 Å². The molecule has 0 radical (unpaired) electrons. The average molecular weight is 231 g/mol. The van der Waals surface area contributed by atoms with Gasteiger partial charge in [0, 0.05) is 6.20 Å². The fourth-order valence-corrected chi connectivity index (χ4v) is 2.39. The van der Waals surface area contributed by atoms with Gasteiger partial charge in [-0.15, -0.1) is 0 Å². The Balaban J connectivity index is 2.06. The third-order valence-electron chi connectivity index (χ3n) is 3.37. The first-order valence-electron chi connectivity index (χ1n) is 6.23. The van der Waals surface area contributed by atoms with E-state index in [1.54, 1.807) is 12.3 Å². The van der Waals surface area contributed by atoms with Crippen LogP contribution < -0.4 is 4.74 Å². The van der Waals surface area contributed by atoms with E-state index in [-0.39, 0.29) is 6.10 Å². The predicted octanol–water partition coefficient (Wildman–Crippen LogP) is 2.70. The van der Waals surface area contributed by atoms with E-state index >= 15 is 0 Å². The topological polar surface area (TPSA) is 58.8 Å². The molecule has 0 amide bonds. The van der Waals surface area contributed by atoms with E-state index in [0.29, 0.717) is 17.6 Å². The highest BCUT2D eigenvalue weighted by atomic mass is 16.5. The van der Waals surface area contributed by atoms with Crippen LogP contribution in [0.4, 0.5) is 0 Å². The van der Waals surface area contributed by atoms with Gasteiger partial charge in [-0.1, -0.05) is 13.3 Å². The van der Waals surface area contributed by atoms with Crippen molar-refractivity contribution in [3.05, 3.63) is 18.0 Å². The lowest BCUT2D eigenvalue weighted by atomic mass is 9.85. The predicted molar refractivity (Wildman–Crippen MR) is 63.4 cm³/mol. The van der Waals surface area contributed by atoms with Crippen molar-refractivity contribution in [3.8, 4) is 12.1 Å². The van der Waals surface area contributed by atoms with Gasteiger partial charge in [-0.3, -0.25) is 0 Å². The van der Waals surface area contributed by atoms with Crippen LogP contribution in [0.2, 0.25) is 0 Å². The van der Waals surface area contributed by atoms with Gasteiger partial charge < -0.3 is 4.74 Å². The van der Waals surface area contributed by atoms with E-state index in [9.17, 15) is 0 Å². The number of rotatable bonds is 3. The average Bonchev–Trinajstić information content (AvgIpc) is 2.39. The van der Waals surface area contributed by atoms with Gasteiger partial charge in [-0.05, 0) is 37.7 Å². The molecule has 0 bridgehead atoms. The molecular formula is C13H17N3O. The zero-order valence-corrected chi connectivity index (χ0v) is 10.1. The molecule has 0 aliphatic heterocycles. The number of ether oxygens (including phenoxy) is 1. The molecule has 1 aromatic rings. The molecule has 0 spiro atoms. The van der Waals surface area contributed by atoms with Crippen molar-refractivity contribution >= 4 is 0 Å². The van der Waals surface area contributed by atoms with Crippen LogP contribution in [0, 0.1) is 17.2 Å². The fraction of sp³-hybridized carbons (Fsp3) is 0.615. The van der Waals surface area contributed by atoms with Crippen LogP contribution in [0.5, 0.6) is 6.01 Å². The standard InChI is InChI=1S/C13H17N3O/c1-2-10-5-3-4-6-12(10)17-13-15-8-7-11(9-14)16-13/h7-8,10,12H,2-6H2,1H3. The van der Waals surface area contributed by atoms with Crippen molar-refractivity contribution in [1.29, 1.82) is 5.26 Å². The van der Waals surface area contributed by atoms with E-state index < -0.39 is 0 Å². The minimum Gasteiger partial charge on any atom is -0.460 e. The SMILES string of the molecule is CCC1CCCCC1Oc1nccc(C#N)n1. The lowest BCUT2D eigenvalue weighted by Gasteiger charge is -2.30. The van der Waals surface area contributed by atoms with Gasteiger partial charge in [0.15, 0.2) is 0 Å². The third-order valence-corrected chi connectivity index (χ3v) is 3.37. The molecular weight excluding hydrogens is 214 g/mol. The summed E-state index contributed by atoms with van der Waals surface area (Å²) in [7, 11) is 0. The van der Waals surface area contributed by atoms with Crippen LogP contribution >= 0.6 is 0 Å². The zero-order valence-electron chi connectivity index (χ0n) is 10.1. The molecule has 2 atom stereocenters. The van der Waals surface area contributed by atoms with Gasteiger partial charge >= 0.3 is 6.01 Å². The fourth-order valence-electron chi connectivity index (χ4n) is 2.39. The van der Waals surface area contributed by atoms with Crippen LogP contribution in [0.25, 0.3) is 0 Å². The van der Waals surface area contributed by atoms with Crippen LogP contribution in [0.3, 0.4) is 0 Å². The quantitative estimate of drug-likeness (QED) is 0.802. The summed E-state index contributed by atoms with van der Waals surface area (Å²) >= 11 is 0. The van der Waals surface area contributed by atoms with Gasteiger partial charge in [0.25, 0.3) is 0 Å². The summed E-state index contributed by atoms with van der Waals surface area (Å²) in [5.41, 5.74) is 0.360. The highest BCUT2D eigenvalue weighted by Crippen LogP contribution is 2.29. The maximum atomic E-state index is 8.77. The number of nitriles is 1. The second-order valence-electron chi connectivity index (χ2n) is 4.45. The first-order chi connectivity index (χ1) is 8.33. The summed E-state index contributed by atoms with van der Waals surface area (Å²) in [5.74, 6) is 0.595. The lowest BCUT2D eigenvalue weighted by Crippen LogP contribution is -2.30. The first-order valence-corrected chi connectivity index (χ1v) is 6.23. The molecule has 4 nitrogen and oxygen atoms in total. The smallest absolute Gasteiger partial charge is 0.317 e. The van der Waals surface area contributed by atoms with Crippen molar-refractivity contribution in [2.24, 2.45) is 5.92 Å². The van der Waals surface area contributed by atoms with Crippen molar-refractivity contribution in [2.75, 3.05) is 0 Å². The number of nitrogens with zero attached hydrogens (tertiary/aromatic N) is 3. The number of hydrogen-bond acceptors (Lipinski definition) is 4. The van der Waals surface area contributed by atoms with Crippen molar-refractivity contribution < 1.29 is 4.74 Å². The van der Waals surface area contributed by atoms with Crippen LogP contribution in [-0.4, -0.2) is 16.1 Å². The Morgan fingerprint density at radius 1 is 1.47 bits per heavy atom. The monoisotopic (exact) mass is 231 g/mol. The molecule has 1 fully saturated rings. The Morgan fingerprint density at radius 3 is 3.06 bits per heavy atom. The summed E-state index contributed by atoms with van der Waals surface area (Å²) in [6.07, 6.45) is 7.70. The maximum Gasteiger partial charge on any atom is 0.317 e. The molecule has 1 aliphatic rings. The molecule has 90 valence electrons. The van der Waals surface area contributed by atoms with E-state index in [4.69, 9.17) is 10.00 Å². The Kier molecular flexibility index (Phi) is 3.92. The van der Waals surface area contributed by atoms with Crippen molar-refractivity contribution in [2.45, 2.75) is 45.1 Å². The van der Waals surface area contributed by atoms with E-state index in [1.165, 1.54) is 19.3 Å². The summed E-state index contributed by atoms with van der Waals surface area (Å²) in [4.78, 5) is 8.13. The van der Waals surface area contributed by atoms with Gasteiger partial charge in [-0.2, -0.15) is 10.2 Å². The van der Waals surface area contributed by atoms with Gasteiger partial charge in [0.1, 0.15) is 17.9 Å². The summed E-state index contributed by atoms with van der Waals surface area (Å²) in [5, 5.41) is 8.77. The van der Waals surface area contributed by atoms with Crippen LogP contribution in [-0.2, 0) is 0 Å². The largest absolute Gasteiger partial charge is 0.460 e. The van der Waals surface area contributed by atoms with Crippen LogP contribution in [0.15, 0.2) is 12.3 Å². The second-order valence-corrected chi connectivity index (χ2v) is 4.45.